The van der Waals surface area contributed by atoms with E-state index in [0.29, 0.717) is 37.9 Å². The van der Waals surface area contributed by atoms with E-state index in [0.717, 1.165) is 35.7 Å². The van der Waals surface area contributed by atoms with Crippen LogP contribution in [0.2, 0.25) is 0 Å². The van der Waals surface area contributed by atoms with Gasteiger partial charge in [-0.2, -0.15) is 0 Å². The molecular formula is C32H36F2N6O3. The van der Waals surface area contributed by atoms with Crippen molar-refractivity contribution in [2.45, 2.75) is 75.5 Å². The summed E-state index contributed by atoms with van der Waals surface area (Å²) in [5.74, 6) is -2.10. The molecule has 0 bridgehead atoms. The van der Waals surface area contributed by atoms with Crippen LogP contribution in [0.15, 0.2) is 59.7 Å². The number of H-pyrrole nitrogens is 1. The van der Waals surface area contributed by atoms with Crippen LogP contribution in [0.3, 0.4) is 0 Å². The molecule has 6 rings (SSSR count). The lowest BCUT2D eigenvalue weighted by Gasteiger charge is -2.23. The number of fused-ring (bicyclic) bond motifs is 2. The Balaban J connectivity index is 1.09. The van der Waals surface area contributed by atoms with Crippen molar-refractivity contribution in [3.63, 3.8) is 0 Å². The fraction of sp³-hybridized carbons (Fsp3) is 0.438. The molecule has 3 unspecified atom stereocenters. The van der Waals surface area contributed by atoms with Crippen molar-refractivity contribution in [2.24, 2.45) is 11.7 Å². The zero-order chi connectivity index (χ0) is 30.1. The average molecular weight is 591 g/mol. The number of nitrogens with zero attached hydrogens (tertiary/aromatic N) is 3. The Hall–Kier alpha value is -4.12. The predicted molar refractivity (Wildman–Crippen MR) is 158 cm³/mol. The molecule has 9 nitrogen and oxygen atoms in total. The van der Waals surface area contributed by atoms with Crippen LogP contribution in [-0.2, 0) is 4.74 Å². The molecule has 1 saturated carbocycles. The van der Waals surface area contributed by atoms with Crippen molar-refractivity contribution >= 4 is 17.3 Å². The van der Waals surface area contributed by atoms with E-state index < -0.39 is 29.7 Å². The van der Waals surface area contributed by atoms with E-state index in [9.17, 15) is 18.4 Å². The number of pyridine rings is 2. The molecule has 2 aliphatic rings. The Morgan fingerprint density at radius 2 is 1.86 bits per heavy atom. The van der Waals surface area contributed by atoms with E-state index in [-0.39, 0.29) is 35.2 Å². The van der Waals surface area contributed by atoms with Gasteiger partial charge in [0.15, 0.2) is 17.3 Å². The van der Waals surface area contributed by atoms with Gasteiger partial charge in [0, 0.05) is 54.5 Å². The molecule has 1 fully saturated rings. The number of nitrogens with two attached hydrogens (primary N) is 1. The number of aromatic amines is 1. The van der Waals surface area contributed by atoms with Crippen molar-refractivity contribution in [3.8, 4) is 0 Å². The summed E-state index contributed by atoms with van der Waals surface area (Å²) in [4.78, 5) is 37.1. The SMILES string of the molecule is CCCC(CCNC(=O)OC1CC1[C@@H]1CC[C@@H](c2cccc(F)c2F)[C@H](N)c2cccnc21)n1c(=O)[nH]c2ncccc21. The van der Waals surface area contributed by atoms with Gasteiger partial charge in [-0.3, -0.25) is 14.5 Å². The smallest absolute Gasteiger partial charge is 0.407 e. The van der Waals surface area contributed by atoms with Gasteiger partial charge in [0.25, 0.3) is 0 Å². The number of halogens is 2. The van der Waals surface area contributed by atoms with E-state index in [1.165, 1.54) is 6.07 Å². The summed E-state index contributed by atoms with van der Waals surface area (Å²) in [6, 6.07) is 11.0. The normalized spacial score (nSPS) is 23.8. The highest BCUT2D eigenvalue weighted by Gasteiger charge is 2.49. The first kappa shape index (κ1) is 29.0. The number of amides is 1. The summed E-state index contributed by atoms with van der Waals surface area (Å²) in [6.07, 6.45) is 6.72. The van der Waals surface area contributed by atoms with E-state index in [2.05, 4.69) is 27.2 Å². The first-order chi connectivity index (χ1) is 20.9. The Morgan fingerprint density at radius 3 is 2.70 bits per heavy atom. The number of benzene rings is 1. The molecule has 1 aromatic carbocycles. The van der Waals surface area contributed by atoms with Crippen LogP contribution in [0, 0.1) is 17.6 Å². The van der Waals surface area contributed by atoms with Gasteiger partial charge in [0.1, 0.15) is 6.10 Å². The molecule has 0 aliphatic heterocycles. The standard InChI is InChI=1S/C32H36F2N6O3/c1-2-6-18(40-25-10-5-15-37-30(25)39-31(40)41)13-16-38-32(42)43-26-17-23(26)21-12-11-20(19-7-3-9-24(33)27(19)34)28(35)22-8-4-14-36-29(21)22/h3-5,7-10,14-15,18,20-21,23,26,28H,2,6,11-13,16-17,35H2,1H3,(H,38,42)(H,37,39,41)/t18?,20-,21-,23?,26?,28-/m0/s1. The van der Waals surface area contributed by atoms with Crippen LogP contribution in [-0.4, -0.2) is 38.3 Å². The van der Waals surface area contributed by atoms with Gasteiger partial charge in [-0.15, -0.1) is 0 Å². The van der Waals surface area contributed by atoms with Gasteiger partial charge < -0.3 is 15.8 Å². The van der Waals surface area contributed by atoms with E-state index in [4.69, 9.17) is 10.5 Å². The number of hydrogen-bond acceptors (Lipinski definition) is 6. The minimum atomic E-state index is -0.884. The second-order valence-electron chi connectivity index (χ2n) is 11.6. The molecule has 4 aromatic rings. The number of carbonyl (C=O) groups excluding carboxylic acids is 1. The highest BCUT2D eigenvalue weighted by molar-refractivity contribution is 5.70. The van der Waals surface area contributed by atoms with E-state index >= 15 is 0 Å². The first-order valence-electron chi connectivity index (χ1n) is 15.0. The molecule has 43 heavy (non-hydrogen) atoms. The highest BCUT2D eigenvalue weighted by atomic mass is 19.2. The zero-order valence-electron chi connectivity index (χ0n) is 24.0. The first-order valence-corrected chi connectivity index (χ1v) is 15.0. The lowest BCUT2D eigenvalue weighted by molar-refractivity contribution is 0.130. The highest BCUT2D eigenvalue weighted by Crippen LogP contribution is 2.52. The Bertz CT molecular complexity index is 1670. The molecule has 3 heterocycles. The molecule has 4 N–H and O–H groups in total. The third kappa shape index (κ3) is 5.78. The van der Waals surface area contributed by atoms with E-state index in [1.54, 1.807) is 35.2 Å². The van der Waals surface area contributed by atoms with Gasteiger partial charge in [0.05, 0.1) is 5.52 Å². The second-order valence-corrected chi connectivity index (χ2v) is 11.6. The maximum atomic E-state index is 14.8. The fourth-order valence-corrected chi connectivity index (χ4v) is 6.81. The number of hydrogen-bond donors (Lipinski definition) is 3. The number of nitrogens with one attached hydrogen (secondary N) is 2. The molecule has 0 spiro atoms. The predicted octanol–water partition coefficient (Wildman–Crippen LogP) is 5.61. The fourth-order valence-electron chi connectivity index (χ4n) is 6.81. The van der Waals surface area contributed by atoms with Gasteiger partial charge in [-0.25, -0.2) is 23.4 Å². The second kappa shape index (κ2) is 12.2. The molecule has 3 aromatic heterocycles. The molecule has 0 saturated heterocycles. The van der Waals surface area contributed by atoms with Crippen molar-refractivity contribution in [1.82, 2.24) is 24.8 Å². The molecule has 0 radical (unpaired) electrons. The summed E-state index contributed by atoms with van der Waals surface area (Å²) in [5.41, 5.74) is 9.67. The monoisotopic (exact) mass is 590 g/mol. The van der Waals surface area contributed by atoms with Crippen LogP contribution in [0.5, 0.6) is 0 Å². The molecular weight excluding hydrogens is 554 g/mol. The number of imidazole rings is 1. The third-order valence-electron chi connectivity index (χ3n) is 8.96. The van der Waals surface area contributed by atoms with Crippen LogP contribution in [0.4, 0.5) is 13.6 Å². The van der Waals surface area contributed by atoms with Crippen molar-refractivity contribution in [2.75, 3.05) is 6.54 Å². The summed E-state index contributed by atoms with van der Waals surface area (Å²) in [7, 11) is 0. The summed E-state index contributed by atoms with van der Waals surface area (Å²) < 4.78 is 36.3. The van der Waals surface area contributed by atoms with Crippen LogP contribution >= 0.6 is 0 Å². The summed E-state index contributed by atoms with van der Waals surface area (Å²) in [6.45, 7) is 2.41. The maximum Gasteiger partial charge on any atom is 0.407 e. The van der Waals surface area contributed by atoms with Gasteiger partial charge in [-0.1, -0.05) is 31.5 Å². The largest absolute Gasteiger partial charge is 0.446 e. The number of carbonyl (C=O) groups is 1. The molecule has 2 aliphatic carbocycles. The minimum absolute atomic E-state index is 0.0158. The maximum absolute atomic E-state index is 14.8. The number of alkyl carbamates (subject to hydrolysis) is 1. The van der Waals surface area contributed by atoms with Crippen molar-refractivity contribution in [1.29, 1.82) is 0 Å². The lowest BCUT2D eigenvalue weighted by atomic mass is 9.86. The molecule has 11 heteroatoms. The van der Waals surface area contributed by atoms with Gasteiger partial charge in [0.2, 0.25) is 0 Å². The van der Waals surface area contributed by atoms with Gasteiger partial charge in [-0.05, 0) is 67.5 Å². The molecule has 226 valence electrons. The van der Waals surface area contributed by atoms with Crippen molar-refractivity contribution < 1.29 is 18.3 Å². The van der Waals surface area contributed by atoms with Crippen LogP contribution < -0.4 is 16.7 Å². The molecule has 1 amide bonds. The Labute approximate surface area is 247 Å². The van der Waals surface area contributed by atoms with Gasteiger partial charge >= 0.3 is 11.8 Å². The third-order valence-corrected chi connectivity index (χ3v) is 8.96. The topological polar surface area (TPSA) is 128 Å². The quantitative estimate of drug-likeness (QED) is 0.218. The van der Waals surface area contributed by atoms with Crippen LogP contribution in [0.25, 0.3) is 11.2 Å². The number of ether oxygens (including phenoxy) is 1. The van der Waals surface area contributed by atoms with Crippen molar-refractivity contribution in [3.05, 3.63) is 93.8 Å². The average Bonchev–Trinajstić information content (AvgIpc) is 3.69. The zero-order valence-corrected chi connectivity index (χ0v) is 24.0. The van der Waals surface area contributed by atoms with Crippen LogP contribution in [0.1, 0.15) is 86.2 Å². The minimum Gasteiger partial charge on any atom is -0.446 e. The molecule has 6 atom stereocenters. The summed E-state index contributed by atoms with van der Waals surface area (Å²) in [5, 5.41) is 2.86. The number of rotatable bonds is 9. The Morgan fingerprint density at radius 1 is 1.09 bits per heavy atom. The summed E-state index contributed by atoms with van der Waals surface area (Å²) >= 11 is 0. The Kier molecular flexibility index (Phi) is 8.25. The van der Waals surface area contributed by atoms with E-state index in [1.807, 2.05) is 12.1 Å². The lowest BCUT2D eigenvalue weighted by Crippen LogP contribution is -2.30. The number of aromatic nitrogens is 4.